The Kier molecular flexibility index (Phi) is 3.05. The van der Waals surface area contributed by atoms with Crippen molar-refractivity contribution in [1.29, 1.82) is 5.26 Å². The summed E-state index contributed by atoms with van der Waals surface area (Å²) in [6.45, 7) is 3.65. The maximum atomic E-state index is 9.05. The minimum absolute atomic E-state index is 0.0194. The van der Waals surface area contributed by atoms with E-state index in [1.807, 2.05) is 19.9 Å². The van der Waals surface area contributed by atoms with E-state index in [2.05, 4.69) is 10.3 Å². The number of nitrogens with zero attached hydrogens (tertiary/aromatic N) is 2. The molecule has 14 heavy (non-hydrogen) atoms. The summed E-state index contributed by atoms with van der Waals surface area (Å²) in [5.41, 5.74) is 0.00831. The van der Waals surface area contributed by atoms with Gasteiger partial charge in [0.2, 0.25) is 0 Å². The third-order valence-electron chi connectivity index (χ3n) is 1.78. The number of hydrogen-bond acceptors (Lipinski definition) is 4. The molecule has 0 amide bonds. The first kappa shape index (κ1) is 10.5. The van der Waals surface area contributed by atoms with E-state index in [0.29, 0.717) is 11.4 Å². The number of rotatable bonds is 3. The van der Waals surface area contributed by atoms with Crippen LogP contribution in [0.15, 0.2) is 18.3 Å². The van der Waals surface area contributed by atoms with E-state index in [9.17, 15) is 0 Å². The summed E-state index contributed by atoms with van der Waals surface area (Å²) in [6, 6.07) is 5.42. The maximum absolute atomic E-state index is 9.05. The quantitative estimate of drug-likeness (QED) is 0.751. The van der Waals surface area contributed by atoms with Crippen LogP contribution in [-0.2, 0) is 0 Å². The van der Waals surface area contributed by atoms with Gasteiger partial charge in [-0.05, 0) is 26.0 Å². The molecule has 1 rings (SSSR count). The summed E-state index contributed by atoms with van der Waals surface area (Å²) >= 11 is 0. The van der Waals surface area contributed by atoms with Gasteiger partial charge in [0.25, 0.3) is 0 Å². The van der Waals surface area contributed by atoms with E-state index in [1.165, 1.54) is 0 Å². The molecular weight excluding hydrogens is 178 g/mol. The number of aliphatic hydroxyl groups is 1. The number of pyridine rings is 1. The first-order valence-corrected chi connectivity index (χ1v) is 4.33. The second kappa shape index (κ2) is 4.07. The molecule has 0 spiro atoms. The Bertz CT molecular complexity index is 355. The molecule has 0 saturated carbocycles. The number of anilines is 1. The Morgan fingerprint density at radius 1 is 1.64 bits per heavy atom. The lowest BCUT2D eigenvalue weighted by Gasteiger charge is -2.24. The second-order valence-corrected chi connectivity index (χ2v) is 3.68. The third kappa shape index (κ3) is 2.44. The number of nitriles is 1. The molecule has 0 aliphatic heterocycles. The van der Waals surface area contributed by atoms with Crippen molar-refractivity contribution in [1.82, 2.24) is 4.98 Å². The summed E-state index contributed by atoms with van der Waals surface area (Å²) in [4.78, 5) is 4.04. The van der Waals surface area contributed by atoms with Crippen molar-refractivity contribution in [2.24, 2.45) is 0 Å². The number of aromatic nitrogens is 1. The Morgan fingerprint density at radius 3 is 2.93 bits per heavy atom. The molecule has 0 aliphatic rings. The molecule has 1 heterocycles. The molecule has 4 heteroatoms. The highest BCUT2D eigenvalue weighted by molar-refractivity contribution is 5.52. The highest BCUT2D eigenvalue weighted by atomic mass is 16.3. The van der Waals surface area contributed by atoms with Gasteiger partial charge >= 0.3 is 0 Å². The van der Waals surface area contributed by atoms with Crippen LogP contribution in [0, 0.1) is 11.3 Å². The average molecular weight is 191 g/mol. The van der Waals surface area contributed by atoms with E-state index < -0.39 is 5.54 Å². The minimum Gasteiger partial charge on any atom is -0.394 e. The van der Waals surface area contributed by atoms with Gasteiger partial charge in [-0.1, -0.05) is 0 Å². The lowest BCUT2D eigenvalue weighted by molar-refractivity contribution is 0.234. The Morgan fingerprint density at radius 2 is 2.36 bits per heavy atom. The second-order valence-electron chi connectivity index (χ2n) is 3.68. The van der Waals surface area contributed by atoms with E-state index >= 15 is 0 Å². The largest absolute Gasteiger partial charge is 0.394 e. The van der Waals surface area contributed by atoms with Crippen molar-refractivity contribution in [3.8, 4) is 6.07 Å². The first-order chi connectivity index (χ1) is 6.59. The molecule has 1 aromatic rings. The van der Waals surface area contributed by atoms with Crippen molar-refractivity contribution < 1.29 is 5.11 Å². The lowest BCUT2D eigenvalue weighted by Crippen LogP contribution is -2.35. The van der Waals surface area contributed by atoms with Gasteiger partial charge in [0, 0.05) is 6.20 Å². The molecule has 0 radical (unpaired) electrons. The fraction of sp³-hybridized carbons (Fsp3) is 0.400. The number of nitrogens with one attached hydrogen (secondary N) is 1. The molecule has 0 saturated heterocycles. The molecule has 74 valence electrons. The van der Waals surface area contributed by atoms with Crippen LogP contribution in [0.2, 0.25) is 0 Å². The Hall–Kier alpha value is -1.60. The number of aliphatic hydroxyl groups excluding tert-OH is 1. The molecule has 2 N–H and O–H groups in total. The predicted octanol–water partition coefficient (Wildman–Crippen LogP) is 1.14. The summed E-state index contributed by atoms with van der Waals surface area (Å²) in [5, 5.41) is 20.8. The fourth-order valence-corrected chi connectivity index (χ4v) is 0.955. The molecule has 0 aromatic carbocycles. The van der Waals surface area contributed by atoms with Crippen LogP contribution in [0.25, 0.3) is 0 Å². The predicted molar refractivity (Wildman–Crippen MR) is 53.7 cm³/mol. The van der Waals surface area contributed by atoms with Crippen LogP contribution in [0.5, 0.6) is 0 Å². The Balaban J connectivity index is 2.92. The maximum Gasteiger partial charge on any atom is 0.144 e. The molecule has 0 atom stereocenters. The highest BCUT2D eigenvalue weighted by Crippen LogP contribution is 2.15. The molecule has 4 nitrogen and oxygen atoms in total. The lowest BCUT2D eigenvalue weighted by atomic mass is 10.1. The highest BCUT2D eigenvalue weighted by Gasteiger charge is 2.17. The van der Waals surface area contributed by atoms with E-state index in [4.69, 9.17) is 10.4 Å². The van der Waals surface area contributed by atoms with Crippen molar-refractivity contribution in [3.63, 3.8) is 0 Å². The van der Waals surface area contributed by atoms with Gasteiger partial charge in [-0.25, -0.2) is 4.98 Å². The molecule has 0 bridgehead atoms. The van der Waals surface area contributed by atoms with E-state index in [-0.39, 0.29) is 6.61 Å². The van der Waals surface area contributed by atoms with Crippen LogP contribution in [0.3, 0.4) is 0 Å². The summed E-state index contributed by atoms with van der Waals surface area (Å²) in [6.07, 6.45) is 1.61. The van der Waals surface area contributed by atoms with Gasteiger partial charge in [-0.3, -0.25) is 0 Å². The van der Waals surface area contributed by atoms with Crippen molar-refractivity contribution >= 4 is 5.82 Å². The molecule has 0 aliphatic carbocycles. The van der Waals surface area contributed by atoms with Crippen molar-refractivity contribution in [2.45, 2.75) is 19.4 Å². The third-order valence-corrected chi connectivity index (χ3v) is 1.78. The zero-order valence-electron chi connectivity index (χ0n) is 8.28. The van der Waals surface area contributed by atoms with Gasteiger partial charge in [0.05, 0.1) is 17.7 Å². The minimum atomic E-state index is -0.472. The average Bonchev–Trinajstić information content (AvgIpc) is 2.18. The van der Waals surface area contributed by atoms with Gasteiger partial charge in [-0.2, -0.15) is 5.26 Å². The van der Waals surface area contributed by atoms with Gasteiger partial charge in [-0.15, -0.1) is 0 Å². The number of hydrogen-bond donors (Lipinski definition) is 2. The van der Waals surface area contributed by atoms with Crippen LogP contribution in [-0.4, -0.2) is 22.2 Å². The first-order valence-electron chi connectivity index (χ1n) is 4.33. The molecule has 1 aromatic heterocycles. The standard InChI is InChI=1S/C10H13N3O/c1-10(2,7-14)13-9-8(6-11)4-3-5-12-9/h3-5,14H,7H2,1-2H3,(H,12,13). The van der Waals surface area contributed by atoms with E-state index in [0.717, 1.165) is 0 Å². The van der Waals surface area contributed by atoms with Gasteiger partial charge < -0.3 is 10.4 Å². The van der Waals surface area contributed by atoms with Gasteiger partial charge in [0.1, 0.15) is 11.9 Å². The molecular formula is C10H13N3O. The van der Waals surface area contributed by atoms with Crippen LogP contribution < -0.4 is 5.32 Å². The zero-order valence-corrected chi connectivity index (χ0v) is 8.28. The zero-order chi connectivity index (χ0) is 10.6. The van der Waals surface area contributed by atoms with Crippen LogP contribution >= 0.6 is 0 Å². The summed E-state index contributed by atoms with van der Waals surface area (Å²) < 4.78 is 0. The van der Waals surface area contributed by atoms with Crippen molar-refractivity contribution in [3.05, 3.63) is 23.9 Å². The smallest absolute Gasteiger partial charge is 0.144 e. The topological polar surface area (TPSA) is 68.9 Å². The Labute approximate surface area is 83.2 Å². The monoisotopic (exact) mass is 191 g/mol. The SMILES string of the molecule is CC(C)(CO)Nc1ncccc1C#N. The van der Waals surface area contributed by atoms with Crippen LogP contribution in [0.1, 0.15) is 19.4 Å². The summed E-state index contributed by atoms with van der Waals surface area (Å²) in [5.74, 6) is 0.508. The van der Waals surface area contributed by atoms with Gasteiger partial charge in [0.15, 0.2) is 0 Å². The summed E-state index contributed by atoms with van der Waals surface area (Å²) in [7, 11) is 0. The molecule has 0 fully saturated rings. The van der Waals surface area contributed by atoms with Crippen molar-refractivity contribution in [2.75, 3.05) is 11.9 Å². The van der Waals surface area contributed by atoms with Crippen LogP contribution in [0.4, 0.5) is 5.82 Å². The van der Waals surface area contributed by atoms with E-state index in [1.54, 1.807) is 18.3 Å². The normalized spacial score (nSPS) is 10.7. The molecule has 0 unspecified atom stereocenters. The fourth-order valence-electron chi connectivity index (χ4n) is 0.955.